The molecule has 0 spiro atoms. The van der Waals surface area contributed by atoms with Gasteiger partial charge in [0.1, 0.15) is 11.2 Å². The van der Waals surface area contributed by atoms with Crippen LogP contribution in [0.4, 0.5) is 5.69 Å². The Balaban J connectivity index is 1.66. The van der Waals surface area contributed by atoms with Crippen molar-refractivity contribution in [1.29, 1.82) is 0 Å². The predicted octanol–water partition coefficient (Wildman–Crippen LogP) is 4.53. The van der Waals surface area contributed by atoms with Gasteiger partial charge in [-0.2, -0.15) is 0 Å². The first kappa shape index (κ1) is 17.8. The van der Waals surface area contributed by atoms with Crippen molar-refractivity contribution >= 4 is 49.8 Å². The van der Waals surface area contributed by atoms with Crippen molar-refractivity contribution in [2.24, 2.45) is 0 Å². The molecule has 1 N–H and O–H groups in total. The number of aromatic nitrogens is 3. The monoisotopic (exact) mass is 418 g/mol. The van der Waals surface area contributed by atoms with E-state index >= 15 is 0 Å². The Morgan fingerprint density at radius 1 is 0.926 bits per heavy atom. The lowest BCUT2D eigenvalue weighted by Gasteiger charge is -2.11. The number of hydrogen-bond acceptors (Lipinski definition) is 4. The molecule has 0 aliphatic rings. The average Bonchev–Trinajstić information content (AvgIpc) is 3.00. The van der Waals surface area contributed by atoms with E-state index in [4.69, 9.17) is 23.2 Å². The van der Waals surface area contributed by atoms with E-state index in [1.54, 1.807) is 47.2 Å². The Kier molecular flexibility index (Phi) is 4.51. The second-order valence-corrected chi connectivity index (χ2v) is 8.05. The molecule has 4 rings (SSSR count). The molecule has 0 aliphatic carbocycles. The molecule has 2 aromatic heterocycles. The summed E-state index contributed by atoms with van der Waals surface area (Å²) in [6.45, 7) is 0. The first-order valence-corrected chi connectivity index (χ1v) is 10.0. The van der Waals surface area contributed by atoms with Gasteiger partial charge >= 0.3 is 0 Å². The van der Waals surface area contributed by atoms with Crippen LogP contribution in [0.3, 0.4) is 0 Å². The predicted molar refractivity (Wildman–Crippen MR) is 106 cm³/mol. The summed E-state index contributed by atoms with van der Waals surface area (Å²) < 4.78 is 29.8. The van der Waals surface area contributed by atoms with E-state index in [-0.39, 0.29) is 15.2 Å². The molecular formula is C18H12Cl2N4O2S. The van der Waals surface area contributed by atoms with Crippen LogP contribution in [0.15, 0.2) is 72.0 Å². The molecule has 2 aromatic carbocycles. The average molecular weight is 419 g/mol. The minimum Gasteiger partial charge on any atom is -0.288 e. The Morgan fingerprint density at radius 3 is 2.37 bits per heavy atom. The van der Waals surface area contributed by atoms with E-state index in [1.165, 1.54) is 12.4 Å². The van der Waals surface area contributed by atoms with Gasteiger partial charge in [-0.3, -0.25) is 14.3 Å². The topological polar surface area (TPSA) is 76.9 Å². The molecule has 0 radical (unpaired) electrons. The normalized spacial score (nSPS) is 11.6. The number of halogens is 2. The second kappa shape index (κ2) is 6.84. The molecule has 136 valence electrons. The molecule has 0 aliphatic heterocycles. The highest BCUT2D eigenvalue weighted by Crippen LogP contribution is 2.26. The number of pyridine rings is 1. The molecule has 4 aromatic rings. The van der Waals surface area contributed by atoms with Gasteiger partial charge in [-0.05, 0) is 36.4 Å². The highest BCUT2D eigenvalue weighted by Gasteiger charge is 2.18. The minimum atomic E-state index is -3.80. The highest BCUT2D eigenvalue weighted by atomic mass is 35.5. The summed E-state index contributed by atoms with van der Waals surface area (Å²) in [7, 11) is -3.80. The van der Waals surface area contributed by atoms with Crippen molar-refractivity contribution in [1.82, 2.24) is 14.5 Å². The molecule has 6 nitrogen and oxygen atoms in total. The fraction of sp³-hybridized carbons (Fsp3) is 0. The number of benzene rings is 2. The van der Waals surface area contributed by atoms with Gasteiger partial charge in [0.2, 0.25) is 0 Å². The first-order valence-electron chi connectivity index (χ1n) is 7.81. The minimum absolute atomic E-state index is 0.120. The standard InChI is InChI=1S/C18H12Cl2N4O2S/c19-17-18(20)24(11-22-17)14-8-6-13(7-9-14)23-27(25,26)15-5-1-3-12-4-2-10-21-16(12)15/h1-11,23H. The van der Waals surface area contributed by atoms with Crippen LogP contribution in [0.25, 0.3) is 16.6 Å². The van der Waals surface area contributed by atoms with Gasteiger partial charge in [-0.15, -0.1) is 0 Å². The number of imidazole rings is 1. The Labute approximate surface area is 165 Å². The Bertz CT molecular complexity index is 1230. The van der Waals surface area contributed by atoms with Crippen molar-refractivity contribution < 1.29 is 8.42 Å². The van der Waals surface area contributed by atoms with Crippen molar-refractivity contribution in [2.45, 2.75) is 4.90 Å². The van der Waals surface area contributed by atoms with Gasteiger partial charge in [0.25, 0.3) is 10.0 Å². The van der Waals surface area contributed by atoms with E-state index < -0.39 is 10.0 Å². The van der Waals surface area contributed by atoms with Crippen LogP contribution in [-0.4, -0.2) is 23.0 Å². The number of hydrogen-bond donors (Lipinski definition) is 1. The van der Waals surface area contributed by atoms with Crippen molar-refractivity contribution in [3.05, 3.63) is 77.4 Å². The molecule has 9 heteroatoms. The van der Waals surface area contributed by atoms with E-state index in [1.807, 2.05) is 12.1 Å². The lowest BCUT2D eigenvalue weighted by atomic mass is 10.2. The number of anilines is 1. The Morgan fingerprint density at radius 2 is 1.67 bits per heavy atom. The van der Waals surface area contributed by atoms with Crippen molar-refractivity contribution in [3.8, 4) is 5.69 Å². The van der Waals surface area contributed by atoms with Crippen LogP contribution in [-0.2, 0) is 10.0 Å². The third-order valence-electron chi connectivity index (χ3n) is 3.95. The van der Waals surface area contributed by atoms with E-state index in [0.717, 1.165) is 5.39 Å². The maximum absolute atomic E-state index is 12.8. The highest BCUT2D eigenvalue weighted by molar-refractivity contribution is 7.93. The molecule has 0 unspecified atom stereocenters. The van der Waals surface area contributed by atoms with Gasteiger partial charge < -0.3 is 0 Å². The third-order valence-corrected chi connectivity index (χ3v) is 6.10. The summed E-state index contributed by atoms with van der Waals surface area (Å²) in [5.74, 6) is 0. The molecule has 0 bridgehead atoms. The lowest BCUT2D eigenvalue weighted by Crippen LogP contribution is -2.13. The summed E-state index contributed by atoms with van der Waals surface area (Å²) in [4.78, 5) is 8.24. The molecule has 0 atom stereocenters. The van der Waals surface area contributed by atoms with Crippen LogP contribution in [0.2, 0.25) is 10.3 Å². The zero-order valence-corrected chi connectivity index (χ0v) is 16.0. The number of rotatable bonds is 4. The van der Waals surface area contributed by atoms with Crippen molar-refractivity contribution in [2.75, 3.05) is 4.72 Å². The fourth-order valence-electron chi connectivity index (χ4n) is 2.69. The second-order valence-electron chi connectivity index (χ2n) is 5.68. The van der Waals surface area contributed by atoms with Crippen LogP contribution in [0, 0.1) is 0 Å². The third kappa shape index (κ3) is 3.37. The van der Waals surface area contributed by atoms with Crippen molar-refractivity contribution in [3.63, 3.8) is 0 Å². The SMILES string of the molecule is O=S(=O)(Nc1ccc(-n2cnc(Cl)c2Cl)cc1)c1cccc2cccnc12. The smallest absolute Gasteiger partial charge is 0.264 e. The number of para-hydroxylation sites is 1. The quantitative estimate of drug-likeness (QED) is 0.528. The van der Waals surface area contributed by atoms with Crippen LogP contribution in [0.5, 0.6) is 0 Å². The Hall–Kier alpha value is -2.61. The largest absolute Gasteiger partial charge is 0.288 e. The zero-order valence-electron chi connectivity index (χ0n) is 13.7. The molecule has 0 amide bonds. The number of fused-ring (bicyclic) bond motifs is 1. The molecule has 0 fully saturated rings. The summed E-state index contributed by atoms with van der Waals surface area (Å²) in [6, 6.07) is 15.3. The number of nitrogens with one attached hydrogen (secondary N) is 1. The molecule has 27 heavy (non-hydrogen) atoms. The van der Waals surface area contributed by atoms with E-state index in [0.29, 0.717) is 16.9 Å². The van der Waals surface area contributed by atoms with Crippen LogP contribution in [0.1, 0.15) is 0 Å². The molecule has 0 saturated heterocycles. The summed E-state index contributed by atoms with van der Waals surface area (Å²) in [5.41, 5.74) is 1.53. The van der Waals surface area contributed by atoms with Gasteiger partial charge in [-0.25, -0.2) is 13.4 Å². The first-order chi connectivity index (χ1) is 13.0. The zero-order chi connectivity index (χ0) is 19.0. The van der Waals surface area contributed by atoms with E-state index in [2.05, 4.69) is 14.7 Å². The maximum Gasteiger partial charge on any atom is 0.264 e. The lowest BCUT2D eigenvalue weighted by molar-refractivity contribution is 0.602. The maximum atomic E-state index is 12.8. The molecule has 2 heterocycles. The van der Waals surface area contributed by atoms with Crippen LogP contribution < -0.4 is 4.72 Å². The fourth-order valence-corrected chi connectivity index (χ4v) is 4.25. The van der Waals surface area contributed by atoms with E-state index in [9.17, 15) is 8.42 Å². The van der Waals surface area contributed by atoms with Gasteiger partial charge in [-0.1, -0.05) is 41.4 Å². The summed E-state index contributed by atoms with van der Waals surface area (Å²) in [5, 5.41) is 1.24. The van der Waals surface area contributed by atoms with Gasteiger partial charge in [0.05, 0.1) is 5.52 Å². The molecular weight excluding hydrogens is 407 g/mol. The number of sulfonamides is 1. The summed E-state index contributed by atoms with van der Waals surface area (Å²) >= 11 is 11.9. The van der Waals surface area contributed by atoms with Gasteiger partial charge in [0, 0.05) is 23.0 Å². The van der Waals surface area contributed by atoms with Gasteiger partial charge in [0.15, 0.2) is 10.3 Å². The number of nitrogens with zero attached hydrogens (tertiary/aromatic N) is 3. The summed E-state index contributed by atoms with van der Waals surface area (Å²) in [6.07, 6.45) is 3.06. The van der Waals surface area contributed by atoms with Crippen LogP contribution >= 0.6 is 23.2 Å². The molecule has 0 saturated carbocycles.